The van der Waals surface area contributed by atoms with Crippen LogP contribution in [-0.2, 0) is 32.5 Å². The van der Waals surface area contributed by atoms with Gasteiger partial charge in [-0.3, -0.25) is 0 Å². The Morgan fingerprint density at radius 3 is 1.68 bits per heavy atom. The summed E-state index contributed by atoms with van der Waals surface area (Å²) in [7, 11) is 0. The third-order valence-corrected chi connectivity index (χ3v) is 19.7. The van der Waals surface area contributed by atoms with E-state index in [0.717, 1.165) is 30.5 Å². The molecule has 2 aliphatic heterocycles. The van der Waals surface area contributed by atoms with Gasteiger partial charge in [0.05, 0.1) is 21.7 Å². The maximum atomic E-state index is 7.72. The first-order chi connectivity index (χ1) is 32.1. The van der Waals surface area contributed by atoms with Gasteiger partial charge in [-0.2, -0.15) is 0 Å². The van der Waals surface area contributed by atoms with Gasteiger partial charge in [-0.05, 0) is 182 Å². The maximum absolute atomic E-state index is 7.72. The highest BCUT2D eigenvalue weighted by molar-refractivity contribution is 7.26. The van der Waals surface area contributed by atoms with Crippen LogP contribution in [0.15, 0.2) is 101 Å². The van der Waals surface area contributed by atoms with Crippen LogP contribution in [0, 0.1) is 6.92 Å². The van der Waals surface area contributed by atoms with Crippen molar-refractivity contribution >= 4 is 99.9 Å². The highest BCUT2D eigenvalue weighted by Gasteiger charge is 2.50. The second-order valence-electron chi connectivity index (χ2n) is 25.8. The minimum absolute atomic E-state index is 0.0347. The molecular weight excluding hydrogens is 844 g/mol. The van der Waals surface area contributed by atoms with Crippen LogP contribution in [0.1, 0.15) is 161 Å². The minimum atomic E-state index is -0.107. The smallest absolute Gasteiger partial charge is 0.297 e. The van der Waals surface area contributed by atoms with Crippen LogP contribution in [0.25, 0.3) is 31.1 Å². The molecule has 68 heavy (non-hydrogen) atoms. The van der Waals surface area contributed by atoms with Crippen molar-refractivity contribution in [2.24, 2.45) is 0 Å². The lowest BCUT2D eigenvalue weighted by atomic mass is 9.35. The summed E-state index contributed by atoms with van der Waals surface area (Å²) >= 11 is 1.92. The number of thiophene rings is 1. The third-order valence-electron chi connectivity index (χ3n) is 18.5. The molecule has 4 heterocycles. The Balaban J connectivity index is 1.18. The number of anilines is 6. The lowest BCUT2D eigenvalue weighted by Crippen LogP contribution is -2.61. The van der Waals surface area contributed by atoms with Gasteiger partial charge in [0.2, 0.25) is 0 Å². The van der Waals surface area contributed by atoms with Crippen LogP contribution in [-0.4, -0.2) is 6.71 Å². The van der Waals surface area contributed by atoms with E-state index in [1.54, 1.807) is 0 Å². The molecule has 0 atom stereocenters. The van der Waals surface area contributed by atoms with E-state index in [1.807, 2.05) is 11.3 Å². The van der Waals surface area contributed by atoms with E-state index in [4.69, 9.17) is 4.42 Å². The number of hydrogen-bond acceptors (Lipinski definition) is 4. The molecule has 5 heteroatoms. The summed E-state index contributed by atoms with van der Waals surface area (Å²) in [5.41, 5.74) is 22.8. The number of nitrogens with zero attached hydrogens (tertiary/aromatic N) is 2. The zero-order valence-electron chi connectivity index (χ0n) is 42.8. The van der Waals surface area contributed by atoms with Crippen LogP contribution in [0.4, 0.5) is 34.1 Å². The van der Waals surface area contributed by atoms with Crippen molar-refractivity contribution < 1.29 is 4.42 Å². The summed E-state index contributed by atoms with van der Waals surface area (Å²) in [5.74, 6) is 0. The van der Waals surface area contributed by atoms with E-state index in [-0.39, 0.29) is 39.2 Å². The normalized spacial score (nSPS) is 20.7. The van der Waals surface area contributed by atoms with E-state index in [1.165, 1.54) is 129 Å². The third kappa shape index (κ3) is 5.78. The highest BCUT2D eigenvalue weighted by atomic mass is 32.1. The largest absolute Gasteiger partial charge is 0.468 e. The summed E-state index contributed by atoms with van der Waals surface area (Å²) in [6.07, 6.45) is 7.03. The van der Waals surface area contributed by atoms with Gasteiger partial charge < -0.3 is 14.2 Å². The molecule has 344 valence electrons. The van der Waals surface area contributed by atoms with Gasteiger partial charge in [-0.15, -0.1) is 11.3 Å². The first-order valence-electron chi connectivity index (χ1n) is 25.7. The Labute approximate surface area is 409 Å². The van der Waals surface area contributed by atoms with Crippen LogP contribution >= 0.6 is 11.3 Å². The van der Waals surface area contributed by atoms with Crippen molar-refractivity contribution in [3.63, 3.8) is 0 Å². The minimum Gasteiger partial charge on any atom is -0.468 e. The van der Waals surface area contributed by atoms with Crippen LogP contribution < -0.4 is 26.4 Å². The van der Waals surface area contributed by atoms with Crippen LogP contribution in [0.5, 0.6) is 0 Å². The molecule has 0 amide bonds. The average molecular weight is 911 g/mol. The average Bonchev–Trinajstić information content (AvgIpc) is 3.86. The molecular formula is C63H67BN2OS. The number of hydrogen-bond donors (Lipinski definition) is 0. The van der Waals surface area contributed by atoms with Crippen molar-refractivity contribution in [1.29, 1.82) is 0 Å². The fourth-order valence-electron chi connectivity index (χ4n) is 13.9. The van der Waals surface area contributed by atoms with E-state index in [0.29, 0.717) is 0 Å². The zero-order chi connectivity index (χ0) is 47.4. The molecule has 0 spiro atoms. The Kier molecular flexibility index (Phi) is 8.52. The van der Waals surface area contributed by atoms with Gasteiger partial charge >= 0.3 is 0 Å². The van der Waals surface area contributed by atoms with E-state index >= 15 is 0 Å². The molecule has 0 radical (unpaired) electrons. The van der Waals surface area contributed by atoms with Crippen molar-refractivity contribution in [3.05, 3.63) is 136 Å². The molecule has 5 aliphatic rings. The molecule has 3 aliphatic carbocycles. The van der Waals surface area contributed by atoms with Crippen molar-refractivity contribution in [1.82, 2.24) is 0 Å². The predicted molar refractivity (Wildman–Crippen MR) is 294 cm³/mol. The standard InChI is InChI=1S/C63H67BN2OS/c1-36-29-50-54-51(30-36)66(48-19-16-18-39-38-17-14-15-20-53(38)68-56(39)48)55-40-32-43-46(63(12,13)28-25-60(43,6)7)35-52(40)67-57(55)64(54)47-33-44-45(62(10,11)27-26-61(44,8)9)34-49(47)65(50)37-21-22-41-42(31-37)59(4,5)24-23-58(41,2)3/h14-22,29-35H,23-28H2,1-13H3. The summed E-state index contributed by atoms with van der Waals surface area (Å²) in [5, 5.41) is 3.85. The van der Waals surface area contributed by atoms with Crippen LogP contribution in [0.2, 0.25) is 0 Å². The van der Waals surface area contributed by atoms with E-state index in [9.17, 15) is 0 Å². The molecule has 0 saturated heterocycles. The molecule has 0 bridgehead atoms. The molecule has 0 unspecified atom stereocenters. The number of benzene rings is 6. The molecule has 3 nitrogen and oxygen atoms in total. The van der Waals surface area contributed by atoms with Crippen molar-refractivity contribution in [3.8, 4) is 0 Å². The van der Waals surface area contributed by atoms with Gasteiger partial charge in [0.15, 0.2) is 0 Å². The van der Waals surface area contributed by atoms with Crippen LogP contribution in [0.3, 0.4) is 0 Å². The lowest BCUT2D eigenvalue weighted by molar-refractivity contribution is 0.332. The Morgan fingerprint density at radius 2 is 1.01 bits per heavy atom. The first kappa shape index (κ1) is 42.8. The molecule has 6 aromatic carbocycles. The van der Waals surface area contributed by atoms with Crippen molar-refractivity contribution in [2.45, 2.75) is 161 Å². The van der Waals surface area contributed by atoms with Gasteiger partial charge in [-0.25, -0.2) is 0 Å². The highest BCUT2D eigenvalue weighted by Crippen LogP contribution is 2.56. The summed E-state index contributed by atoms with van der Waals surface area (Å²) in [6, 6.07) is 38.8. The number of rotatable bonds is 2. The van der Waals surface area contributed by atoms with Crippen molar-refractivity contribution in [2.75, 3.05) is 9.80 Å². The summed E-state index contributed by atoms with van der Waals surface area (Å²) in [4.78, 5) is 5.34. The maximum Gasteiger partial charge on any atom is 0.297 e. The molecule has 8 aromatic rings. The SMILES string of the molecule is Cc1cc2c3c(c1)N(c1cccc4c1sc1ccccc14)c1c(oc4cc5c(cc14)C(C)(C)CCC5(C)C)B3c1cc3c(cc1N2c1ccc2c(c1)C(C)(C)CCC2(C)C)C(C)(C)CCC3(C)C. The van der Waals surface area contributed by atoms with Gasteiger partial charge in [-0.1, -0.05) is 126 Å². The monoisotopic (exact) mass is 911 g/mol. The Hall–Kier alpha value is -5.26. The second kappa shape index (κ2) is 13.5. The molecule has 0 fully saturated rings. The van der Waals surface area contributed by atoms with Gasteiger partial charge in [0, 0.05) is 43.6 Å². The number of aryl methyl sites for hydroxylation is 1. The summed E-state index contributed by atoms with van der Waals surface area (Å²) in [6.45, 7) is 31.8. The molecule has 0 saturated carbocycles. The molecule has 13 rings (SSSR count). The summed E-state index contributed by atoms with van der Waals surface area (Å²) < 4.78 is 10.4. The second-order valence-corrected chi connectivity index (χ2v) is 26.8. The quantitative estimate of drug-likeness (QED) is 0.161. The Bertz CT molecular complexity index is 3520. The molecule has 0 N–H and O–H groups in total. The zero-order valence-corrected chi connectivity index (χ0v) is 43.6. The van der Waals surface area contributed by atoms with Gasteiger partial charge in [0.25, 0.3) is 6.71 Å². The fraction of sp³-hybridized carbons (Fsp3) is 0.397. The lowest BCUT2D eigenvalue weighted by Gasteiger charge is -2.47. The number of fused-ring (bicyclic) bond motifs is 12. The van der Waals surface area contributed by atoms with E-state index in [2.05, 4.69) is 197 Å². The van der Waals surface area contributed by atoms with Gasteiger partial charge in [0.1, 0.15) is 5.58 Å². The van der Waals surface area contributed by atoms with E-state index < -0.39 is 0 Å². The topological polar surface area (TPSA) is 19.6 Å². The fourth-order valence-corrected chi connectivity index (χ4v) is 15.1. The number of furan rings is 1. The predicted octanol–water partition coefficient (Wildman–Crippen LogP) is 16.2. The molecule has 2 aromatic heterocycles. The Morgan fingerprint density at radius 1 is 0.471 bits per heavy atom. The first-order valence-corrected chi connectivity index (χ1v) is 26.5.